The van der Waals surface area contributed by atoms with Crippen LogP contribution in [0, 0.1) is 0 Å². The number of benzene rings is 1. The normalized spacial score (nSPS) is 12.7. The number of fused-ring (bicyclic) bond motifs is 1. The van der Waals surface area contributed by atoms with Gasteiger partial charge in [0, 0.05) is 6.04 Å². The zero-order valence-corrected chi connectivity index (χ0v) is 12.7. The van der Waals surface area contributed by atoms with E-state index in [1.54, 1.807) is 0 Å². The summed E-state index contributed by atoms with van der Waals surface area (Å²) in [5, 5.41) is 3.48. The van der Waals surface area contributed by atoms with Crippen molar-refractivity contribution in [2.24, 2.45) is 0 Å². The largest absolute Gasteiger partial charge is 0.316 e. The van der Waals surface area contributed by atoms with Crippen molar-refractivity contribution >= 4 is 11.0 Å². The molecule has 1 atom stereocenters. The molecule has 2 aromatic rings. The molecule has 2 rings (SSSR count). The molecule has 114 valence electrons. The Kier molecular flexibility index (Phi) is 5.33. The van der Waals surface area contributed by atoms with Crippen LogP contribution in [0.5, 0.6) is 0 Å². The average Bonchev–Trinajstić information content (AvgIpc) is 2.47. The van der Waals surface area contributed by atoms with Crippen molar-refractivity contribution in [2.75, 3.05) is 6.54 Å². The van der Waals surface area contributed by atoms with Crippen LogP contribution in [0.2, 0.25) is 0 Å². The third kappa shape index (κ3) is 3.82. The van der Waals surface area contributed by atoms with Gasteiger partial charge < -0.3 is 15.3 Å². The lowest BCUT2D eigenvalue weighted by atomic mass is 10.00. The van der Waals surface area contributed by atoms with E-state index in [4.69, 9.17) is 0 Å². The fourth-order valence-electron chi connectivity index (χ4n) is 2.58. The zero-order chi connectivity index (χ0) is 15.2. The Morgan fingerprint density at radius 1 is 1.05 bits per heavy atom. The molecular weight excluding hydrogens is 266 g/mol. The van der Waals surface area contributed by atoms with Crippen molar-refractivity contribution in [3.63, 3.8) is 0 Å². The average molecular weight is 289 g/mol. The third-order valence-electron chi connectivity index (χ3n) is 3.70. The van der Waals surface area contributed by atoms with Gasteiger partial charge in [-0.2, -0.15) is 0 Å². The molecule has 0 saturated heterocycles. The Morgan fingerprint density at radius 2 is 1.76 bits per heavy atom. The Balaban J connectivity index is 2.31. The van der Waals surface area contributed by atoms with Crippen LogP contribution in [0.1, 0.15) is 51.1 Å². The monoisotopic (exact) mass is 289 g/mol. The number of unbranched alkanes of at least 4 members (excludes halogenated alkanes) is 2. The molecule has 0 aliphatic carbocycles. The Bertz CT molecular complexity index is 702. The molecule has 0 radical (unpaired) electrons. The van der Waals surface area contributed by atoms with Crippen LogP contribution in [-0.2, 0) is 0 Å². The van der Waals surface area contributed by atoms with Gasteiger partial charge in [-0.15, -0.1) is 0 Å². The van der Waals surface area contributed by atoms with Crippen LogP contribution in [0.25, 0.3) is 11.0 Å². The van der Waals surface area contributed by atoms with E-state index in [1.807, 2.05) is 18.2 Å². The molecule has 0 fully saturated rings. The van der Waals surface area contributed by atoms with Crippen molar-refractivity contribution in [1.82, 2.24) is 15.3 Å². The molecule has 0 amide bonds. The molecule has 0 aliphatic rings. The topological polar surface area (TPSA) is 77.8 Å². The van der Waals surface area contributed by atoms with Crippen LogP contribution in [0.15, 0.2) is 27.8 Å². The van der Waals surface area contributed by atoms with Gasteiger partial charge in [-0.3, -0.25) is 9.59 Å². The summed E-state index contributed by atoms with van der Waals surface area (Å²) in [6.07, 6.45) is 4.67. The summed E-state index contributed by atoms with van der Waals surface area (Å²) in [5.41, 5.74) is 1.26. The summed E-state index contributed by atoms with van der Waals surface area (Å²) in [5.74, 6) is 0. The van der Waals surface area contributed by atoms with Gasteiger partial charge in [-0.05, 0) is 30.7 Å². The first-order valence-corrected chi connectivity index (χ1v) is 7.65. The number of hydrogen-bond acceptors (Lipinski definition) is 3. The zero-order valence-electron chi connectivity index (χ0n) is 12.7. The summed E-state index contributed by atoms with van der Waals surface area (Å²) in [6.45, 7) is 5.18. The predicted octanol–water partition coefficient (Wildman–Crippen LogP) is 2.45. The highest BCUT2D eigenvalue weighted by Crippen LogP contribution is 2.22. The fraction of sp³-hybridized carbons (Fsp3) is 0.500. The second-order valence-electron chi connectivity index (χ2n) is 5.32. The highest BCUT2D eigenvalue weighted by atomic mass is 16.2. The lowest BCUT2D eigenvalue weighted by molar-refractivity contribution is 0.487. The Morgan fingerprint density at radius 3 is 2.43 bits per heavy atom. The second kappa shape index (κ2) is 7.22. The predicted molar refractivity (Wildman–Crippen MR) is 85.7 cm³/mol. The maximum Gasteiger partial charge on any atom is 0.314 e. The van der Waals surface area contributed by atoms with Gasteiger partial charge in [0.15, 0.2) is 0 Å². The highest BCUT2D eigenvalue weighted by molar-refractivity contribution is 5.74. The fourth-order valence-corrected chi connectivity index (χ4v) is 2.58. The van der Waals surface area contributed by atoms with Crippen LogP contribution in [0.4, 0.5) is 0 Å². The van der Waals surface area contributed by atoms with Crippen LogP contribution in [0.3, 0.4) is 0 Å². The molecule has 0 spiro atoms. The molecule has 5 heteroatoms. The van der Waals surface area contributed by atoms with E-state index in [-0.39, 0.29) is 6.04 Å². The SMILES string of the molecule is CCCCCC(NCC)c1ccc2[nH]c(=O)c(=O)[nH]c2c1. The van der Waals surface area contributed by atoms with Crippen molar-refractivity contribution in [2.45, 2.75) is 45.6 Å². The van der Waals surface area contributed by atoms with Crippen molar-refractivity contribution in [3.8, 4) is 0 Å². The number of aromatic amines is 2. The molecule has 3 N–H and O–H groups in total. The Labute approximate surface area is 123 Å². The smallest absolute Gasteiger partial charge is 0.314 e. The van der Waals surface area contributed by atoms with E-state index in [0.717, 1.165) is 18.5 Å². The first kappa shape index (κ1) is 15.5. The van der Waals surface area contributed by atoms with E-state index < -0.39 is 11.1 Å². The van der Waals surface area contributed by atoms with E-state index >= 15 is 0 Å². The van der Waals surface area contributed by atoms with Gasteiger partial charge in [0.1, 0.15) is 0 Å². The molecule has 1 heterocycles. The number of nitrogens with one attached hydrogen (secondary N) is 3. The van der Waals surface area contributed by atoms with Gasteiger partial charge in [-0.1, -0.05) is 39.2 Å². The van der Waals surface area contributed by atoms with Crippen molar-refractivity contribution in [3.05, 3.63) is 44.5 Å². The quantitative estimate of drug-likeness (QED) is 0.541. The standard InChI is InChI=1S/C16H23N3O2/c1-3-5-6-7-12(17-4-2)11-8-9-13-14(10-11)19-16(21)15(20)18-13/h8-10,12,17H,3-7H2,1-2H3,(H,18,20)(H,19,21). The molecule has 5 nitrogen and oxygen atoms in total. The molecular formula is C16H23N3O2. The lowest BCUT2D eigenvalue weighted by Gasteiger charge is -2.18. The number of aromatic nitrogens is 2. The molecule has 1 aromatic carbocycles. The third-order valence-corrected chi connectivity index (χ3v) is 3.70. The molecule has 1 aromatic heterocycles. The molecule has 1 unspecified atom stereocenters. The molecule has 0 aliphatic heterocycles. The first-order chi connectivity index (χ1) is 10.2. The van der Waals surface area contributed by atoms with E-state index in [9.17, 15) is 9.59 Å². The second-order valence-corrected chi connectivity index (χ2v) is 5.32. The maximum atomic E-state index is 11.4. The molecule has 0 bridgehead atoms. The highest BCUT2D eigenvalue weighted by Gasteiger charge is 2.11. The van der Waals surface area contributed by atoms with Crippen LogP contribution in [-0.4, -0.2) is 16.5 Å². The minimum absolute atomic E-state index is 0.279. The van der Waals surface area contributed by atoms with E-state index in [0.29, 0.717) is 11.0 Å². The Hall–Kier alpha value is -1.88. The van der Waals surface area contributed by atoms with Gasteiger partial charge >= 0.3 is 11.1 Å². The number of H-pyrrole nitrogens is 2. The van der Waals surface area contributed by atoms with E-state index in [1.165, 1.54) is 19.3 Å². The maximum absolute atomic E-state index is 11.4. The molecule has 0 saturated carbocycles. The number of hydrogen-bond donors (Lipinski definition) is 3. The lowest BCUT2D eigenvalue weighted by Crippen LogP contribution is -2.29. The van der Waals surface area contributed by atoms with Gasteiger partial charge in [0.05, 0.1) is 11.0 Å². The van der Waals surface area contributed by atoms with Crippen molar-refractivity contribution in [1.29, 1.82) is 0 Å². The summed E-state index contributed by atoms with van der Waals surface area (Å²) in [6, 6.07) is 6.09. The number of rotatable bonds is 7. The summed E-state index contributed by atoms with van der Waals surface area (Å²) >= 11 is 0. The van der Waals surface area contributed by atoms with Gasteiger partial charge in [0.2, 0.25) is 0 Å². The summed E-state index contributed by atoms with van der Waals surface area (Å²) in [7, 11) is 0. The first-order valence-electron chi connectivity index (χ1n) is 7.65. The minimum Gasteiger partial charge on any atom is -0.316 e. The van der Waals surface area contributed by atoms with Gasteiger partial charge in [-0.25, -0.2) is 0 Å². The summed E-state index contributed by atoms with van der Waals surface area (Å²) < 4.78 is 0. The molecule has 21 heavy (non-hydrogen) atoms. The van der Waals surface area contributed by atoms with E-state index in [2.05, 4.69) is 29.1 Å². The summed E-state index contributed by atoms with van der Waals surface area (Å²) in [4.78, 5) is 28.0. The van der Waals surface area contributed by atoms with Crippen LogP contribution >= 0.6 is 0 Å². The van der Waals surface area contributed by atoms with Crippen LogP contribution < -0.4 is 16.4 Å². The van der Waals surface area contributed by atoms with Crippen molar-refractivity contribution < 1.29 is 0 Å². The van der Waals surface area contributed by atoms with Gasteiger partial charge in [0.25, 0.3) is 0 Å². The minimum atomic E-state index is -0.610.